The van der Waals surface area contributed by atoms with Crippen LogP contribution in [0.5, 0.6) is 0 Å². The van der Waals surface area contributed by atoms with Gasteiger partial charge in [0.05, 0.1) is 10.7 Å². The first-order chi connectivity index (χ1) is 6.29. The van der Waals surface area contributed by atoms with Gasteiger partial charge >= 0.3 is 0 Å². The molecular formula is C10H13ClN2. The Morgan fingerprint density at radius 1 is 1.46 bits per heavy atom. The average molecular weight is 197 g/mol. The Labute approximate surface area is 83.1 Å². The third-order valence-corrected chi connectivity index (χ3v) is 2.52. The molecule has 0 unspecified atom stereocenters. The highest BCUT2D eigenvalue weighted by Gasteiger charge is 2.21. The highest BCUT2D eigenvalue weighted by molar-refractivity contribution is 6.33. The van der Waals surface area contributed by atoms with Crippen molar-refractivity contribution in [1.82, 2.24) is 0 Å². The number of hydrogen-bond acceptors (Lipinski definition) is 2. The number of rotatable bonds is 3. The molecule has 1 saturated carbocycles. The molecule has 3 N–H and O–H groups in total. The Kier molecular flexibility index (Phi) is 2.42. The second kappa shape index (κ2) is 3.56. The van der Waals surface area contributed by atoms with Gasteiger partial charge in [-0.2, -0.15) is 0 Å². The molecule has 0 saturated heterocycles. The first-order valence-corrected chi connectivity index (χ1v) is 4.92. The second-order valence-electron chi connectivity index (χ2n) is 3.44. The quantitative estimate of drug-likeness (QED) is 0.779. The molecule has 2 rings (SSSR count). The standard InChI is InChI=1S/C10H13ClN2/c11-9-5-7(6-12)1-4-10(9)13-8-2-3-8/h1,4-5,8,13H,2-3,6,12H2. The molecular weight excluding hydrogens is 184 g/mol. The van der Waals surface area contributed by atoms with Crippen molar-refractivity contribution in [3.05, 3.63) is 28.8 Å². The molecule has 70 valence electrons. The van der Waals surface area contributed by atoms with Gasteiger partial charge in [0.1, 0.15) is 0 Å². The van der Waals surface area contributed by atoms with Crippen molar-refractivity contribution < 1.29 is 0 Å². The molecule has 0 aliphatic heterocycles. The zero-order valence-corrected chi connectivity index (χ0v) is 8.14. The summed E-state index contributed by atoms with van der Waals surface area (Å²) >= 11 is 6.06. The van der Waals surface area contributed by atoms with E-state index < -0.39 is 0 Å². The Bertz CT molecular complexity index is 308. The summed E-state index contributed by atoms with van der Waals surface area (Å²) in [4.78, 5) is 0. The fourth-order valence-electron chi connectivity index (χ4n) is 1.25. The van der Waals surface area contributed by atoms with Gasteiger partial charge in [-0.1, -0.05) is 17.7 Å². The van der Waals surface area contributed by atoms with Crippen LogP contribution < -0.4 is 11.1 Å². The molecule has 13 heavy (non-hydrogen) atoms. The topological polar surface area (TPSA) is 38.0 Å². The molecule has 1 aromatic carbocycles. The van der Waals surface area contributed by atoms with Crippen LogP contribution in [0.2, 0.25) is 5.02 Å². The Hall–Kier alpha value is -0.730. The lowest BCUT2D eigenvalue weighted by Gasteiger charge is -2.07. The maximum Gasteiger partial charge on any atom is 0.0640 e. The summed E-state index contributed by atoms with van der Waals surface area (Å²) in [5.74, 6) is 0. The largest absolute Gasteiger partial charge is 0.381 e. The zero-order valence-electron chi connectivity index (χ0n) is 7.39. The summed E-state index contributed by atoms with van der Waals surface area (Å²) in [5, 5.41) is 4.14. The van der Waals surface area contributed by atoms with Gasteiger partial charge in [0.2, 0.25) is 0 Å². The van der Waals surface area contributed by atoms with Crippen LogP contribution >= 0.6 is 11.6 Å². The summed E-state index contributed by atoms with van der Waals surface area (Å²) < 4.78 is 0. The molecule has 3 heteroatoms. The third-order valence-electron chi connectivity index (χ3n) is 2.21. The number of anilines is 1. The highest BCUT2D eigenvalue weighted by atomic mass is 35.5. The van der Waals surface area contributed by atoms with E-state index in [1.54, 1.807) is 0 Å². The van der Waals surface area contributed by atoms with Gasteiger partial charge in [-0.3, -0.25) is 0 Å². The van der Waals surface area contributed by atoms with E-state index in [1.807, 2.05) is 18.2 Å². The van der Waals surface area contributed by atoms with Crippen LogP contribution in [0.3, 0.4) is 0 Å². The number of benzene rings is 1. The third kappa shape index (κ3) is 2.14. The van der Waals surface area contributed by atoms with Gasteiger partial charge in [0, 0.05) is 12.6 Å². The molecule has 1 aliphatic carbocycles. The number of hydrogen-bond donors (Lipinski definition) is 2. The van der Waals surface area contributed by atoms with Crippen molar-refractivity contribution >= 4 is 17.3 Å². The SMILES string of the molecule is NCc1ccc(NC2CC2)c(Cl)c1. The van der Waals surface area contributed by atoms with Crippen molar-refractivity contribution in [2.75, 3.05) is 5.32 Å². The molecule has 1 aromatic rings. The molecule has 0 spiro atoms. The first-order valence-electron chi connectivity index (χ1n) is 4.54. The van der Waals surface area contributed by atoms with E-state index in [9.17, 15) is 0 Å². The van der Waals surface area contributed by atoms with Crippen LogP contribution in [0.25, 0.3) is 0 Å². The van der Waals surface area contributed by atoms with Crippen molar-refractivity contribution in [2.45, 2.75) is 25.4 Å². The minimum absolute atomic E-state index is 0.545. The second-order valence-corrected chi connectivity index (χ2v) is 3.84. The number of nitrogens with one attached hydrogen (secondary N) is 1. The molecule has 0 atom stereocenters. The molecule has 0 aromatic heterocycles. The molecule has 0 amide bonds. The van der Waals surface area contributed by atoms with Gasteiger partial charge in [0.25, 0.3) is 0 Å². The lowest BCUT2D eigenvalue weighted by molar-refractivity contribution is 1.07. The molecule has 0 bridgehead atoms. The van der Waals surface area contributed by atoms with Crippen LogP contribution in [0, 0.1) is 0 Å². The Morgan fingerprint density at radius 3 is 2.77 bits per heavy atom. The minimum atomic E-state index is 0.545. The van der Waals surface area contributed by atoms with Crippen molar-refractivity contribution in [2.24, 2.45) is 5.73 Å². The summed E-state index contributed by atoms with van der Waals surface area (Å²) in [6.45, 7) is 0.545. The molecule has 0 radical (unpaired) electrons. The Balaban J connectivity index is 2.15. The normalized spacial score (nSPS) is 15.8. The zero-order chi connectivity index (χ0) is 9.26. The van der Waals surface area contributed by atoms with E-state index in [0.29, 0.717) is 12.6 Å². The van der Waals surface area contributed by atoms with Crippen LogP contribution in [0.15, 0.2) is 18.2 Å². The van der Waals surface area contributed by atoms with Crippen LogP contribution in [-0.4, -0.2) is 6.04 Å². The van der Waals surface area contributed by atoms with E-state index in [0.717, 1.165) is 16.3 Å². The molecule has 2 nitrogen and oxygen atoms in total. The van der Waals surface area contributed by atoms with Crippen molar-refractivity contribution in [1.29, 1.82) is 0 Å². The summed E-state index contributed by atoms with van der Waals surface area (Å²) in [7, 11) is 0. The molecule has 1 aliphatic rings. The van der Waals surface area contributed by atoms with Crippen LogP contribution in [0.1, 0.15) is 18.4 Å². The lowest BCUT2D eigenvalue weighted by Crippen LogP contribution is -2.02. The van der Waals surface area contributed by atoms with Gasteiger partial charge in [-0.25, -0.2) is 0 Å². The minimum Gasteiger partial charge on any atom is -0.381 e. The van der Waals surface area contributed by atoms with Gasteiger partial charge < -0.3 is 11.1 Å². The van der Waals surface area contributed by atoms with Gasteiger partial charge in [0.15, 0.2) is 0 Å². The smallest absolute Gasteiger partial charge is 0.0640 e. The predicted octanol–water partition coefficient (Wildman–Crippen LogP) is 2.37. The van der Waals surface area contributed by atoms with E-state index in [1.165, 1.54) is 12.8 Å². The summed E-state index contributed by atoms with van der Waals surface area (Å²) in [5.41, 5.74) is 7.61. The van der Waals surface area contributed by atoms with Crippen LogP contribution in [-0.2, 0) is 6.54 Å². The molecule has 1 fully saturated rings. The van der Waals surface area contributed by atoms with E-state index in [-0.39, 0.29) is 0 Å². The first kappa shape index (κ1) is 8.85. The molecule has 0 heterocycles. The fourth-order valence-corrected chi connectivity index (χ4v) is 1.51. The van der Waals surface area contributed by atoms with Crippen molar-refractivity contribution in [3.63, 3.8) is 0 Å². The predicted molar refractivity (Wildman–Crippen MR) is 56.0 cm³/mol. The maximum atomic E-state index is 6.06. The van der Waals surface area contributed by atoms with Crippen LogP contribution in [0.4, 0.5) is 5.69 Å². The van der Waals surface area contributed by atoms with E-state index in [2.05, 4.69) is 5.32 Å². The van der Waals surface area contributed by atoms with E-state index >= 15 is 0 Å². The monoisotopic (exact) mass is 196 g/mol. The van der Waals surface area contributed by atoms with Gasteiger partial charge in [-0.05, 0) is 30.5 Å². The fraction of sp³-hybridized carbons (Fsp3) is 0.400. The number of halogens is 1. The van der Waals surface area contributed by atoms with E-state index in [4.69, 9.17) is 17.3 Å². The maximum absolute atomic E-state index is 6.06. The summed E-state index contributed by atoms with van der Waals surface area (Å²) in [6, 6.07) is 6.58. The van der Waals surface area contributed by atoms with Crippen molar-refractivity contribution in [3.8, 4) is 0 Å². The summed E-state index contributed by atoms with van der Waals surface area (Å²) in [6.07, 6.45) is 2.52. The Morgan fingerprint density at radius 2 is 2.23 bits per heavy atom. The average Bonchev–Trinajstić information content (AvgIpc) is 2.92. The van der Waals surface area contributed by atoms with Gasteiger partial charge in [-0.15, -0.1) is 0 Å². The lowest BCUT2D eigenvalue weighted by atomic mass is 10.2. The highest BCUT2D eigenvalue weighted by Crippen LogP contribution is 2.29. The number of nitrogens with two attached hydrogens (primary N) is 1.